The van der Waals surface area contributed by atoms with Gasteiger partial charge in [-0.15, -0.1) is 0 Å². The first-order valence-corrected chi connectivity index (χ1v) is 5.51. The molecule has 0 aliphatic carbocycles. The fraction of sp³-hybridized carbons (Fsp3) is 0.909. The van der Waals surface area contributed by atoms with Gasteiger partial charge in [-0.1, -0.05) is 13.8 Å². The highest BCUT2D eigenvalue weighted by Gasteiger charge is 2.11. The van der Waals surface area contributed by atoms with E-state index in [1.54, 1.807) is 13.8 Å². The van der Waals surface area contributed by atoms with Gasteiger partial charge in [0.25, 0.3) is 0 Å². The molecule has 0 aliphatic heterocycles. The van der Waals surface area contributed by atoms with Crippen LogP contribution >= 0.6 is 0 Å². The van der Waals surface area contributed by atoms with Crippen LogP contribution in [0.2, 0.25) is 0 Å². The largest absolute Gasteiger partial charge is 0.389 e. The molecule has 0 aromatic rings. The predicted octanol–water partition coefficient (Wildman–Crippen LogP) is 0.509. The Morgan fingerprint density at radius 2 is 2.00 bits per heavy atom. The molecule has 4 heteroatoms. The molecule has 0 atom stereocenters. The van der Waals surface area contributed by atoms with Gasteiger partial charge in [0.2, 0.25) is 5.91 Å². The lowest BCUT2D eigenvalue weighted by Gasteiger charge is -2.17. The van der Waals surface area contributed by atoms with Crippen LogP contribution in [0, 0.1) is 5.92 Å². The second-order valence-electron chi connectivity index (χ2n) is 4.94. The van der Waals surface area contributed by atoms with E-state index in [0.717, 1.165) is 6.54 Å². The summed E-state index contributed by atoms with van der Waals surface area (Å²) < 4.78 is 0. The van der Waals surface area contributed by atoms with Crippen LogP contribution < -0.4 is 10.6 Å². The summed E-state index contributed by atoms with van der Waals surface area (Å²) in [5.41, 5.74) is -0.714. The van der Waals surface area contributed by atoms with Crippen LogP contribution in [0.3, 0.4) is 0 Å². The molecular weight excluding hydrogens is 192 g/mol. The average Bonchev–Trinajstić information content (AvgIpc) is 2.07. The molecule has 15 heavy (non-hydrogen) atoms. The summed E-state index contributed by atoms with van der Waals surface area (Å²) in [5.74, 6) is 0.547. The Morgan fingerprint density at radius 1 is 1.40 bits per heavy atom. The molecule has 0 aromatic heterocycles. The predicted molar refractivity (Wildman–Crippen MR) is 61.6 cm³/mol. The summed E-state index contributed by atoms with van der Waals surface area (Å²) in [6.07, 6.45) is 0.461. The number of carbonyl (C=O) groups excluding carboxylic acids is 1. The van der Waals surface area contributed by atoms with Crippen LogP contribution in [-0.4, -0.2) is 36.2 Å². The molecule has 0 radical (unpaired) electrons. The van der Waals surface area contributed by atoms with Crippen LogP contribution in [0.15, 0.2) is 0 Å². The van der Waals surface area contributed by atoms with Gasteiger partial charge in [-0.05, 0) is 19.8 Å². The van der Waals surface area contributed by atoms with Crippen molar-refractivity contribution in [3.63, 3.8) is 0 Å². The number of rotatable bonds is 7. The van der Waals surface area contributed by atoms with Crippen LogP contribution in [0.1, 0.15) is 34.1 Å². The minimum absolute atomic E-state index is 0.0620. The lowest BCUT2D eigenvalue weighted by atomic mass is 10.1. The molecule has 0 saturated heterocycles. The normalized spacial score (nSPS) is 11.9. The van der Waals surface area contributed by atoms with Gasteiger partial charge < -0.3 is 15.7 Å². The van der Waals surface area contributed by atoms with Gasteiger partial charge in [-0.25, -0.2) is 0 Å². The quantitative estimate of drug-likeness (QED) is 0.543. The lowest BCUT2D eigenvalue weighted by Crippen LogP contribution is -2.37. The standard InChI is InChI=1S/C11H24N2O2/c1-9(2)7-13-10(14)5-6-12-8-11(3,4)15/h9,12,15H,5-8H2,1-4H3,(H,13,14). The van der Waals surface area contributed by atoms with Crippen LogP contribution in [-0.2, 0) is 4.79 Å². The van der Waals surface area contributed by atoms with Crippen molar-refractivity contribution in [2.75, 3.05) is 19.6 Å². The van der Waals surface area contributed by atoms with Gasteiger partial charge in [0, 0.05) is 26.1 Å². The maximum atomic E-state index is 11.3. The first-order chi connectivity index (χ1) is 6.81. The first kappa shape index (κ1) is 14.4. The second-order valence-corrected chi connectivity index (χ2v) is 4.94. The maximum Gasteiger partial charge on any atom is 0.221 e. The molecule has 90 valence electrons. The lowest BCUT2D eigenvalue weighted by molar-refractivity contribution is -0.121. The van der Waals surface area contributed by atoms with Crippen molar-refractivity contribution in [3.8, 4) is 0 Å². The van der Waals surface area contributed by atoms with E-state index >= 15 is 0 Å². The van der Waals surface area contributed by atoms with E-state index in [4.69, 9.17) is 0 Å². The summed E-state index contributed by atoms with van der Waals surface area (Å²) >= 11 is 0. The zero-order valence-corrected chi connectivity index (χ0v) is 10.3. The van der Waals surface area contributed by atoms with Crippen molar-refractivity contribution in [2.45, 2.75) is 39.7 Å². The number of amides is 1. The number of hydrogen-bond acceptors (Lipinski definition) is 3. The molecule has 4 nitrogen and oxygen atoms in total. The molecular formula is C11H24N2O2. The Kier molecular flexibility index (Phi) is 6.52. The highest BCUT2D eigenvalue weighted by Crippen LogP contribution is 1.96. The molecule has 0 saturated carbocycles. The van der Waals surface area contributed by atoms with Crippen molar-refractivity contribution in [2.24, 2.45) is 5.92 Å². The Hall–Kier alpha value is -0.610. The van der Waals surface area contributed by atoms with Gasteiger partial charge in [0.15, 0.2) is 0 Å². The van der Waals surface area contributed by atoms with Gasteiger partial charge in [0.05, 0.1) is 5.60 Å². The zero-order valence-electron chi connectivity index (χ0n) is 10.3. The van der Waals surface area contributed by atoms with Gasteiger partial charge in [0.1, 0.15) is 0 Å². The number of aliphatic hydroxyl groups is 1. The average molecular weight is 216 g/mol. The van der Waals surface area contributed by atoms with E-state index in [0.29, 0.717) is 25.4 Å². The Bertz CT molecular complexity index is 186. The molecule has 3 N–H and O–H groups in total. The van der Waals surface area contributed by atoms with Crippen LogP contribution in [0.5, 0.6) is 0 Å². The molecule has 0 spiro atoms. The summed E-state index contributed by atoms with van der Waals surface area (Å²) in [6.45, 7) is 9.43. The third-order valence-corrected chi connectivity index (χ3v) is 1.79. The van der Waals surface area contributed by atoms with Crippen LogP contribution in [0.25, 0.3) is 0 Å². The van der Waals surface area contributed by atoms with Crippen molar-refractivity contribution in [1.29, 1.82) is 0 Å². The molecule has 0 rings (SSSR count). The Labute approximate surface area is 92.4 Å². The van der Waals surface area contributed by atoms with Gasteiger partial charge >= 0.3 is 0 Å². The van der Waals surface area contributed by atoms with Gasteiger partial charge in [-0.2, -0.15) is 0 Å². The van der Waals surface area contributed by atoms with E-state index < -0.39 is 5.60 Å². The fourth-order valence-corrected chi connectivity index (χ4v) is 1.00. The topological polar surface area (TPSA) is 61.4 Å². The third-order valence-electron chi connectivity index (χ3n) is 1.79. The van der Waals surface area contributed by atoms with E-state index in [2.05, 4.69) is 24.5 Å². The smallest absolute Gasteiger partial charge is 0.221 e. The van der Waals surface area contributed by atoms with E-state index in [1.165, 1.54) is 0 Å². The summed E-state index contributed by atoms with van der Waals surface area (Å²) in [5, 5.41) is 15.3. The van der Waals surface area contributed by atoms with Crippen molar-refractivity contribution in [3.05, 3.63) is 0 Å². The van der Waals surface area contributed by atoms with Crippen LogP contribution in [0.4, 0.5) is 0 Å². The fourth-order valence-electron chi connectivity index (χ4n) is 1.00. The van der Waals surface area contributed by atoms with E-state index in [9.17, 15) is 9.90 Å². The molecule has 1 amide bonds. The summed E-state index contributed by atoms with van der Waals surface area (Å²) in [4.78, 5) is 11.3. The minimum atomic E-state index is -0.714. The molecule has 0 bridgehead atoms. The first-order valence-electron chi connectivity index (χ1n) is 5.51. The van der Waals surface area contributed by atoms with Crippen molar-refractivity contribution < 1.29 is 9.90 Å². The molecule has 0 unspecified atom stereocenters. The maximum absolute atomic E-state index is 11.3. The van der Waals surface area contributed by atoms with E-state index in [1.807, 2.05) is 0 Å². The van der Waals surface area contributed by atoms with Gasteiger partial charge in [-0.3, -0.25) is 4.79 Å². The zero-order chi connectivity index (χ0) is 11.9. The molecule has 0 heterocycles. The number of nitrogens with one attached hydrogen (secondary N) is 2. The molecule has 0 aromatic carbocycles. The second kappa shape index (κ2) is 6.80. The third kappa shape index (κ3) is 11.3. The highest BCUT2D eigenvalue weighted by molar-refractivity contribution is 5.76. The number of hydrogen-bond donors (Lipinski definition) is 3. The SMILES string of the molecule is CC(C)CNC(=O)CCNCC(C)(C)O. The molecule has 0 fully saturated rings. The number of carbonyl (C=O) groups is 1. The highest BCUT2D eigenvalue weighted by atomic mass is 16.3. The molecule has 0 aliphatic rings. The Balaban J connectivity index is 3.40. The Morgan fingerprint density at radius 3 is 2.47 bits per heavy atom. The minimum Gasteiger partial charge on any atom is -0.389 e. The summed E-state index contributed by atoms with van der Waals surface area (Å²) in [6, 6.07) is 0. The van der Waals surface area contributed by atoms with E-state index in [-0.39, 0.29) is 5.91 Å². The van der Waals surface area contributed by atoms with Crippen molar-refractivity contribution in [1.82, 2.24) is 10.6 Å². The summed E-state index contributed by atoms with van der Waals surface area (Å²) in [7, 11) is 0. The van der Waals surface area contributed by atoms with Crippen molar-refractivity contribution >= 4 is 5.91 Å². The monoisotopic (exact) mass is 216 g/mol.